The molecule has 0 spiro atoms. The van der Waals surface area contributed by atoms with Crippen LogP contribution in [0.4, 0.5) is 0 Å². The van der Waals surface area contributed by atoms with Crippen molar-refractivity contribution in [1.29, 1.82) is 0 Å². The van der Waals surface area contributed by atoms with Gasteiger partial charge in [0.25, 0.3) is 0 Å². The van der Waals surface area contributed by atoms with Gasteiger partial charge in [0.1, 0.15) is 11.6 Å². The van der Waals surface area contributed by atoms with E-state index in [-0.39, 0.29) is 11.8 Å². The Hall–Kier alpha value is -2.82. The second-order valence-corrected chi connectivity index (χ2v) is 8.67. The molecule has 1 amide bonds. The molecule has 1 heterocycles. The first-order chi connectivity index (χ1) is 15.1. The molecule has 31 heavy (non-hydrogen) atoms. The third kappa shape index (κ3) is 5.27. The minimum absolute atomic E-state index is 0.165. The van der Waals surface area contributed by atoms with Crippen molar-refractivity contribution in [2.75, 3.05) is 6.61 Å². The zero-order valence-corrected chi connectivity index (χ0v) is 18.7. The fraction of sp³-hybridized carbons (Fsp3) is 0.462. The van der Waals surface area contributed by atoms with Crippen LogP contribution in [0.3, 0.4) is 0 Å². The topological polar surface area (TPSA) is 56.1 Å². The van der Waals surface area contributed by atoms with Gasteiger partial charge in [0, 0.05) is 12.5 Å². The van der Waals surface area contributed by atoms with Crippen molar-refractivity contribution in [3.8, 4) is 5.75 Å². The molecule has 0 radical (unpaired) electrons. The summed E-state index contributed by atoms with van der Waals surface area (Å²) in [5.74, 6) is 2.17. The number of benzene rings is 2. The number of imidazole rings is 1. The standard InChI is InChI=1S/C26H33N3O2/c1-19-13-14-22(17-20(19)2)31-16-8-15-29-24-12-7-6-11-23(24)28-25(29)18-27-26(30)21-9-4-3-5-10-21/h6-7,11-14,17,21H,3-5,8-10,15-16,18H2,1-2H3,(H,27,30). The summed E-state index contributed by atoms with van der Waals surface area (Å²) in [4.78, 5) is 17.4. The Morgan fingerprint density at radius 3 is 2.71 bits per heavy atom. The van der Waals surface area contributed by atoms with Gasteiger partial charge in [-0.15, -0.1) is 0 Å². The Labute approximate surface area is 184 Å². The maximum atomic E-state index is 12.6. The van der Waals surface area contributed by atoms with E-state index in [2.05, 4.69) is 41.9 Å². The number of amides is 1. The normalized spacial score (nSPS) is 14.6. The van der Waals surface area contributed by atoms with Gasteiger partial charge in [-0.2, -0.15) is 0 Å². The molecule has 1 aromatic heterocycles. The smallest absolute Gasteiger partial charge is 0.223 e. The van der Waals surface area contributed by atoms with Crippen molar-refractivity contribution < 1.29 is 9.53 Å². The number of rotatable bonds is 8. The fourth-order valence-corrected chi connectivity index (χ4v) is 4.40. The molecule has 4 rings (SSSR count). The van der Waals surface area contributed by atoms with Gasteiger partial charge in [0.15, 0.2) is 0 Å². The molecule has 2 aromatic carbocycles. The Kier molecular flexibility index (Phi) is 6.90. The molecule has 0 atom stereocenters. The highest BCUT2D eigenvalue weighted by molar-refractivity contribution is 5.79. The van der Waals surface area contributed by atoms with Crippen LogP contribution in [-0.4, -0.2) is 22.1 Å². The van der Waals surface area contributed by atoms with Crippen LogP contribution >= 0.6 is 0 Å². The number of hydrogen-bond acceptors (Lipinski definition) is 3. The molecular formula is C26H33N3O2. The van der Waals surface area contributed by atoms with Gasteiger partial charge in [-0.05, 0) is 68.5 Å². The second kappa shape index (κ2) is 9.99. The first-order valence-corrected chi connectivity index (χ1v) is 11.5. The van der Waals surface area contributed by atoms with E-state index in [1.54, 1.807) is 0 Å². The third-order valence-corrected chi connectivity index (χ3v) is 6.40. The molecule has 164 valence electrons. The van der Waals surface area contributed by atoms with E-state index in [9.17, 15) is 4.79 Å². The maximum Gasteiger partial charge on any atom is 0.223 e. The molecule has 0 unspecified atom stereocenters. The van der Waals surface area contributed by atoms with Gasteiger partial charge >= 0.3 is 0 Å². The largest absolute Gasteiger partial charge is 0.494 e. The van der Waals surface area contributed by atoms with Gasteiger partial charge in [-0.25, -0.2) is 4.98 Å². The summed E-state index contributed by atoms with van der Waals surface area (Å²) in [6.45, 7) is 6.14. The lowest BCUT2D eigenvalue weighted by Crippen LogP contribution is -2.32. The molecule has 1 N–H and O–H groups in total. The molecular weight excluding hydrogens is 386 g/mol. The van der Waals surface area contributed by atoms with Crippen LogP contribution in [0.25, 0.3) is 11.0 Å². The van der Waals surface area contributed by atoms with Crippen LogP contribution in [0.1, 0.15) is 55.5 Å². The van der Waals surface area contributed by atoms with Crippen LogP contribution < -0.4 is 10.1 Å². The highest BCUT2D eigenvalue weighted by Crippen LogP contribution is 2.24. The third-order valence-electron chi connectivity index (χ3n) is 6.40. The summed E-state index contributed by atoms with van der Waals surface area (Å²) in [5.41, 5.74) is 4.60. The zero-order valence-electron chi connectivity index (χ0n) is 18.7. The Morgan fingerprint density at radius 2 is 1.90 bits per heavy atom. The predicted octanol–water partition coefficient (Wildman–Crippen LogP) is 5.32. The molecule has 0 saturated heterocycles. The summed E-state index contributed by atoms with van der Waals surface area (Å²) in [5, 5.41) is 3.14. The maximum absolute atomic E-state index is 12.6. The van der Waals surface area contributed by atoms with E-state index < -0.39 is 0 Å². The number of nitrogens with one attached hydrogen (secondary N) is 1. The quantitative estimate of drug-likeness (QED) is 0.503. The molecule has 0 bridgehead atoms. The molecule has 1 aliphatic carbocycles. The van der Waals surface area contributed by atoms with Crippen LogP contribution in [-0.2, 0) is 17.9 Å². The molecule has 5 nitrogen and oxygen atoms in total. The summed E-state index contributed by atoms with van der Waals surface area (Å²) in [6.07, 6.45) is 6.48. The average molecular weight is 420 g/mol. The fourth-order valence-electron chi connectivity index (χ4n) is 4.40. The lowest BCUT2D eigenvalue weighted by atomic mass is 9.89. The van der Waals surface area contributed by atoms with Gasteiger partial charge in [0.2, 0.25) is 5.91 Å². The number of para-hydroxylation sites is 2. The molecule has 5 heteroatoms. The van der Waals surface area contributed by atoms with Crippen LogP contribution in [0.2, 0.25) is 0 Å². The van der Waals surface area contributed by atoms with Crippen molar-refractivity contribution in [3.63, 3.8) is 0 Å². The number of carbonyl (C=O) groups excluding carboxylic acids is 1. The SMILES string of the molecule is Cc1ccc(OCCCn2c(CNC(=O)C3CCCCC3)nc3ccccc32)cc1C. The summed E-state index contributed by atoms with van der Waals surface area (Å²) >= 11 is 0. The monoisotopic (exact) mass is 419 g/mol. The summed E-state index contributed by atoms with van der Waals surface area (Å²) in [6, 6.07) is 14.4. The lowest BCUT2D eigenvalue weighted by Gasteiger charge is -2.20. The minimum Gasteiger partial charge on any atom is -0.494 e. The number of ether oxygens (including phenoxy) is 1. The highest BCUT2D eigenvalue weighted by atomic mass is 16.5. The van der Waals surface area contributed by atoms with Crippen LogP contribution in [0, 0.1) is 19.8 Å². The summed E-state index contributed by atoms with van der Waals surface area (Å²) in [7, 11) is 0. The van der Waals surface area contributed by atoms with E-state index in [1.807, 2.05) is 24.3 Å². The van der Waals surface area contributed by atoms with Crippen molar-refractivity contribution in [3.05, 3.63) is 59.4 Å². The molecule has 1 saturated carbocycles. The van der Waals surface area contributed by atoms with Gasteiger partial charge in [-0.3, -0.25) is 4.79 Å². The van der Waals surface area contributed by atoms with E-state index in [1.165, 1.54) is 17.5 Å². The second-order valence-electron chi connectivity index (χ2n) is 8.67. The molecule has 0 aliphatic heterocycles. The van der Waals surface area contributed by atoms with E-state index >= 15 is 0 Å². The van der Waals surface area contributed by atoms with Gasteiger partial charge in [0.05, 0.1) is 24.2 Å². The van der Waals surface area contributed by atoms with Crippen LogP contribution in [0.15, 0.2) is 42.5 Å². The Bertz CT molecular complexity index is 1030. The zero-order chi connectivity index (χ0) is 21.6. The molecule has 1 fully saturated rings. The minimum atomic E-state index is 0.165. The molecule has 1 aliphatic rings. The Balaban J connectivity index is 1.38. The number of carbonyl (C=O) groups is 1. The van der Waals surface area contributed by atoms with Gasteiger partial charge < -0.3 is 14.6 Å². The first-order valence-electron chi connectivity index (χ1n) is 11.5. The number of nitrogens with zero attached hydrogens (tertiary/aromatic N) is 2. The van der Waals surface area contributed by atoms with Crippen LogP contribution in [0.5, 0.6) is 5.75 Å². The summed E-state index contributed by atoms with van der Waals surface area (Å²) < 4.78 is 8.19. The number of aryl methyl sites for hydroxylation is 3. The lowest BCUT2D eigenvalue weighted by molar-refractivity contribution is -0.126. The molecule has 3 aromatic rings. The van der Waals surface area contributed by atoms with Crippen molar-refractivity contribution in [1.82, 2.24) is 14.9 Å². The van der Waals surface area contributed by atoms with Crippen molar-refractivity contribution in [2.45, 2.75) is 65.5 Å². The first kappa shape index (κ1) is 21.4. The van der Waals surface area contributed by atoms with E-state index in [0.717, 1.165) is 61.3 Å². The average Bonchev–Trinajstić information content (AvgIpc) is 3.15. The predicted molar refractivity (Wildman–Crippen MR) is 124 cm³/mol. The van der Waals surface area contributed by atoms with Crippen molar-refractivity contribution in [2.24, 2.45) is 5.92 Å². The van der Waals surface area contributed by atoms with Crippen molar-refractivity contribution >= 4 is 16.9 Å². The number of fused-ring (bicyclic) bond motifs is 1. The highest BCUT2D eigenvalue weighted by Gasteiger charge is 2.21. The number of aromatic nitrogens is 2. The Morgan fingerprint density at radius 1 is 1.10 bits per heavy atom. The van der Waals surface area contributed by atoms with E-state index in [0.29, 0.717) is 13.2 Å². The van der Waals surface area contributed by atoms with Gasteiger partial charge in [-0.1, -0.05) is 37.5 Å². The van der Waals surface area contributed by atoms with E-state index in [4.69, 9.17) is 9.72 Å². The number of hydrogen-bond donors (Lipinski definition) is 1.